The van der Waals surface area contributed by atoms with Crippen LogP contribution in [0.1, 0.15) is 19.3 Å². The third kappa shape index (κ3) is 3.67. The summed E-state index contributed by atoms with van der Waals surface area (Å²) in [5.74, 6) is 0.878. The van der Waals surface area contributed by atoms with Gasteiger partial charge in [0.15, 0.2) is 0 Å². The Kier molecular flexibility index (Phi) is 4.82. The minimum Gasteiger partial charge on any atom is -0.338 e. The molecule has 0 amide bonds. The van der Waals surface area contributed by atoms with Crippen LogP contribution in [-0.4, -0.2) is 72.1 Å². The minimum atomic E-state index is 0.878. The molecule has 1 aromatic heterocycles. The molecule has 2 aliphatic rings. The first kappa shape index (κ1) is 13.8. The number of aromatic nitrogens is 2. The molecule has 3 rings (SSSR count). The molecule has 0 unspecified atom stereocenters. The van der Waals surface area contributed by atoms with Crippen LogP contribution in [0.5, 0.6) is 0 Å². The SMILES string of the molecule is c1cnc(N2CCN(CCN3CCCCC3)CC2)nc1. The van der Waals surface area contributed by atoms with Gasteiger partial charge in [-0.15, -0.1) is 0 Å². The summed E-state index contributed by atoms with van der Waals surface area (Å²) >= 11 is 0. The smallest absolute Gasteiger partial charge is 0.225 e. The summed E-state index contributed by atoms with van der Waals surface area (Å²) in [6, 6.07) is 1.87. The normalized spacial score (nSPS) is 22.1. The van der Waals surface area contributed by atoms with Crippen molar-refractivity contribution in [3.63, 3.8) is 0 Å². The van der Waals surface area contributed by atoms with E-state index in [1.165, 1.54) is 45.4 Å². The average Bonchev–Trinajstić information content (AvgIpc) is 2.55. The van der Waals surface area contributed by atoms with Crippen molar-refractivity contribution in [2.24, 2.45) is 0 Å². The van der Waals surface area contributed by atoms with E-state index in [2.05, 4.69) is 24.7 Å². The molecular weight excluding hydrogens is 250 g/mol. The van der Waals surface area contributed by atoms with Crippen molar-refractivity contribution in [1.82, 2.24) is 19.8 Å². The lowest BCUT2D eigenvalue weighted by atomic mass is 10.1. The third-order valence-corrected chi connectivity index (χ3v) is 4.39. The maximum absolute atomic E-state index is 4.33. The molecule has 5 nitrogen and oxygen atoms in total. The highest BCUT2D eigenvalue weighted by Gasteiger charge is 2.19. The second kappa shape index (κ2) is 6.99. The van der Waals surface area contributed by atoms with Gasteiger partial charge in [-0.05, 0) is 32.0 Å². The summed E-state index contributed by atoms with van der Waals surface area (Å²) in [6.07, 6.45) is 7.85. The summed E-state index contributed by atoms with van der Waals surface area (Å²) < 4.78 is 0. The Labute approximate surface area is 121 Å². The summed E-state index contributed by atoms with van der Waals surface area (Å²) in [5, 5.41) is 0. The summed E-state index contributed by atoms with van der Waals surface area (Å²) in [6.45, 7) is 9.41. The van der Waals surface area contributed by atoms with Crippen molar-refractivity contribution in [3.05, 3.63) is 18.5 Å². The first-order chi connectivity index (χ1) is 9.92. The highest BCUT2D eigenvalue weighted by molar-refractivity contribution is 5.29. The second-order valence-electron chi connectivity index (χ2n) is 5.78. The van der Waals surface area contributed by atoms with E-state index in [1.54, 1.807) is 0 Å². The zero-order valence-electron chi connectivity index (χ0n) is 12.2. The van der Waals surface area contributed by atoms with E-state index in [-0.39, 0.29) is 0 Å². The largest absolute Gasteiger partial charge is 0.338 e. The summed E-state index contributed by atoms with van der Waals surface area (Å²) in [4.78, 5) is 16.2. The van der Waals surface area contributed by atoms with E-state index in [0.29, 0.717) is 0 Å². The highest BCUT2D eigenvalue weighted by Crippen LogP contribution is 2.11. The third-order valence-electron chi connectivity index (χ3n) is 4.39. The molecule has 0 saturated carbocycles. The van der Waals surface area contributed by atoms with Crippen LogP contribution in [-0.2, 0) is 0 Å². The van der Waals surface area contributed by atoms with E-state index in [0.717, 1.165) is 32.1 Å². The predicted molar refractivity (Wildman–Crippen MR) is 81.0 cm³/mol. The highest BCUT2D eigenvalue weighted by atomic mass is 15.3. The van der Waals surface area contributed by atoms with Crippen LogP contribution >= 0.6 is 0 Å². The Morgan fingerprint density at radius 3 is 2.00 bits per heavy atom. The maximum atomic E-state index is 4.33. The Hall–Kier alpha value is -1.20. The lowest BCUT2D eigenvalue weighted by molar-refractivity contribution is 0.176. The van der Waals surface area contributed by atoms with E-state index < -0.39 is 0 Å². The van der Waals surface area contributed by atoms with Gasteiger partial charge < -0.3 is 9.80 Å². The zero-order chi connectivity index (χ0) is 13.6. The Bertz CT molecular complexity index is 383. The lowest BCUT2D eigenvalue weighted by Crippen LogP contribution is -2.49. The first-order valence-corrected chi connectivity index (χ1v) is 7.88. The number of piperidine rings is 1. The van der Waals surface area contributed by atoms with Crippen molar-refractivity contribution in [1.29, 1.82) is 0 Å². The topological polar surface area (TPSA) is 35.5 Å². The van der Waals surface area contributed by atoms with Gasteiger partial charge in [-0.25, -0.2) is 9.97 Å². The molecule has 3 heterocycles. The van der Waals surface area contributed by atoms with Crippen LogP contribution in [0.3, 0.4) is 0 Å². The van der Waals surface area contributed by atoms with Gasteiger partial charge in [0.1, 0.15) is 0 Å². The monoisotopic (exact) mass is 275 g/mol. The fourth-order valence-corrected chi connectivity index (χ4v) is 3.09. The number of piperazine rings is 1. The van der Waals surface area contributed by atoms with Gasteiger partial charge in [-0.2, -0.15) is 0 Å². The molecule has 2 saturated heterocycles. The van der Waals surface area contributed by atoms with Crippen LogP contribution < -0.4 is 4.90 Å². The summed E-state index contributed by atoms with van der Waals surface area (Å²) in [5.41, 5.74) is 0. The molecule has 2 fully saturated rings. The molecule has 0 radical (unpaired) electrons. The van der Waals surface area contributed by atoms with Crippen LogP contribution in [0.4, 0.5) is 5.95 Å². The first-order valence-electron chi connectivity index (χ1n) is 7.88. The van der Waals surface area contributed by atoms with E-state index in [1.807, 2.05) is 18.5 Å². The zero-order valence-corrected chi connectivity index (χ0v) is 12.2. The van der Waals surface area contributed by atoms with Crippen LogP contribution in [0, 0.1) is 0 Å². The van der Waals surface area contributed by atoms with Crippen molar-refractivity contribution in [3.8, 4) is 0 Å². The van der Waals surface area contributed by atoms with E-state index in [4.69, 9.17) is 0 Å². The molecule has 2 aliphatic heterocycles. The number of anilines is 1. The molecule has 0 atom stereocenters. The molecule has 0 N–H and O–H groups in total. The fourth-order valence-electron chi connectivity index (χ4n) is 3.09. The molecule has 0 bridgehead atoms. The van der Waals surface area contributed by atoms with Gasteiger partial charge in [-0.3, -0.25) is 4.90 Å². The fraction of sp³-hybridized carbons (Fsp3) is 0.733. The summed E-state index contributed by atoms with van der Waals surface area (Å²) in [7, 11) is 0. The van der Waals surface area contributed by atoms with Gasteiger partial charge in [0.25, 0.3) is 0 Å². The number of nitrogens with zero attached hydrogens (tertiary/aromatic N) is 5. The Morgan fingerprint density at radius 2 is 1.35 bits per heavy atom. The molecule has 0 aromatic carbocycles. The Balaban J connectivity index is 1.40. The van der Waals surface area contributed by atoms with Crippen molar-refractivity contribution in [2.75, 3.05) is 57.3 Å². The van der Waals surface area contributed by atoms with Gasteiger partial charge in [-0.1, -0.05) is 6.42 Å². The predicted octanol–water partition coefficient (Wildman–Crippen LogP) is 1.08. The van der Waals surface area contributed by atoms with Crippen molar-refractivity contribution < 1.29 is 0 Å². The van der Waals surface area contributed by atoms with Crippen LogP contribution in [0.15, 0.2) is 18.5 Å². The number of hydrogen-bond acceptors (Lipinski definition) is 5. The van der Waals surface area contributed by atoms with Gasteiger partial charge in [0.05, 0.1) is 0 Å². The molecule has 110 valence electrons. The Morgan fingerprint density at radius 1 is 0.750 bits per heavy atom. The van der Waals surface area contributed by atoms with Gasteiger partial charge in [0.2, 0.25) is 5.95 Å². The molecule has 0 aliphatic carbocycles. The quantitative estimate of drug-likeness (QED) is 0.822. The maximum Gasteiger partial charge on any atom is 0.225 e. The van der Waals surface area contributed by atoms with Crippen molar-refractivity contribution in [2.45, 2.75) is 19.3 Å². The molecule has 5 heteroatoms. The molecule has 0 spiro atoms. The van der Waals surface area contributed by atoms with E-state index in [9.17, 15) is 0 Å². The van der Waals surface area contributed by atoms with E-state index >= 15 is 0 Å². The standard InChI is InChI=1S/C15H25N5/c1-2-7-18(8-3-1)9-10-19-11-13-20(14-12-19)15-16-5-4-6-17-15/h4-6H,1-3,7-14H2. The minimum absolute atomic E-state index is 0.878. The number of rotatable bonds is 4. The molecular formula is C15H25N5. The van der Waals surface area contributed by atoms with Gasteiger partial charge in [0, 0.05) is 51.7 Å². The second-order valence-corrected chi connectivity index (χ2v) is 5.78. The van der Waals surface area contributed by atoms with Crippen LogP contribution in [0.25, 0.3) is 0 Å². The molecule has 20 heavy (non-hydrogen) atoms. The van der Waals surface area contributed by atoms with Crippen molar-refractivity contribution >= 4 is 5.95 Å². The molecule has 1 aromatic rings. The number of likely N-dealkylation sites (tertiary alicyclic amines) is 1. The lowest BCUT2D eigenvalue weighted by Gasteiger charge is -2.36. The van der Waals surface area contributed by atoms with Gasteiger partial charge >= 0.3 is 0 Å². The van der Waals surface area contributed by atoms with Crippen LogP contribution in [0.2, 0.25) is 0 Å². The average molecular weight is 275 g/mol. The number of hydrogen-bond donors (Lipinski definition) is 0.